The van der Waals surface area contributed by atoms with E-state index in [-0.39, 0.29) is 0 Å². The molecule has 1 aromatic heterocycles. The molecule has 0 aliphatic carbocycles. The van der Waals surface area contributed by atoms with Crippen molar-refractivity contribution in [2.75, 3.05) is 40.1 Å². The molecule has 0 saturated heterocycles. The second-order valence-electron chi connectivity index (χ2n) is 3.72. The van der Waals surface area contributed by atoms with Crippen molar-refractivity contribution < 1.29 is 14.2 Å². The van der Waals surface area contributed by atoms with Crippen LogP contribution in [0.2, 0.25) is 0 Å². The van der Waals surface area contributed by atoms with Crippen LogP contribution in [0.4, 0.5) is 0 Å². The molecular weight excluding hydrogens is 232 g/mol. The highest BCUT2D eigenvalue weighted by Crippen LogP contribution is 2.15. The van der Waals surface area contributed by atoms with Crippen molar-refractivity contribution >= 4 is 0 Å². The fourth-order valence-corrected chi connectivity index (χ4v) is 1.40. The van der Waals surface area contributed by atoms with Gasteiger partial charge < -0.3 is 19.5 Å². The summed E-state index contributed by atoms with van der Waals surface area (Å²) >= 11 is 0. The summed E-state index contributed by atoms with van der Waals surface area (Å²) in [5.74, 6) is 0.862. The van der Waals surface area contributed by atoms with E-state index in [1.165, 1.54) is 0 Å². The molecule has 0 aliphatic heterocycles. The van der Waals surface area contributed by atoms with Gasteiger partial charge in [0.05, 0.1) is 19.8 Å². The highest BCUT2D eigenvalue weighted by atomic mass is 16.5. The fraction of sp³-hybridized carbons (Fsp3) is 0.615. The van der Waals surface area contributed by atoms with Crippen LogP contribution in [0.1, 0.15) is 12.5 Å². The maximum Gasteiger partial charge on any atom is 0.126 e. The van der Waals surface area contributed by atoms with Gasteiger partial charge in [-0.2, -0.15) is 0 Å². The van der Waals surface area contributed by atoms with Gasteiger partial charge in [0.25, 0.3) is 0 Å². The number of hydrogen-bond donors (Lipinski definition) is 1. The van der Waals surface area contributed by atoms with Crippen LogP contribution >= 0.6 is 0 Å². The molecule has 0 aliphatic rings. The van der Waals surface area contributed by atoms with Crippen LogP contribution in [0.3, 0.4) is 0 Å². The second-order valence-corrected chi connectivity index (χ2v) is 3.72. The minimum Gasteiger partial charge on any atom is -0.491 e. The van der Waals surface area contributed by atoms with Gasteiger partial charge in [-0.25, -0.2) is 0 Å². The van der Waals surface area contributed by atoms with Gasteiger partial charge in [-0.15, -0.1) is 0 Å². The molecule has 0 unspecified atom stereocenters. The first kappa shape index (κ1) is 14.9. The Morgan fingerprint density at radius 2 is 2.06 bits per heavy atom. The summed E-state index contributed by atoms with van der Waals surface area (Å²) in [5.41, 5.74) is 1.07. The van der Waals surface area contributed by atoms with E-state index < -0.39 is 0 Å². The predicted octanol–water partition coefficient (Wildman–Crippen LogP) is 1.23. The highest BCUT2D eigenvalue weighted by Gasteiger charge is 2.02. The molecule has 102 valence electrons. The largest absolute Gasteiger partial charge is 0.491 e. The number of ether oxygens (including phenoxy) is 3. The first-order valence-corrected chi connectivity index (χ1v) is 6.21. The monoisotopic (exact) mass is 254 g/mol. The fourth-order valence-electron chi connectivity index (χ4n) is 1.40. The van der Waals surface area contributed by atoms with Gasteiger partial charge in [0.2, 0.25) is 0 Å². The number of rotatable bonds is 10. The Balaban J connectivity index is 2.27. The Hall–Kier alpha value is -1.17. The summed E-state index contributed by atoms with van der Waals surface area (Å²) in [5, 5.41) is 3.26. The summed E-state index contributed by atoms with van der Waals surface area (Å²) in [7, 11) is 1.66. The van der Waals surface area contributed by atoms with Gasteiger partial charge >= 0.3 is 0 Å². The Morgan fingerprint density at radius 3 is 2.83 bits per heavy atom. The maximum absolute atomic E-state index is 5.67. The molecule has 1 N–H and O–H groups in total. The molecule has 0 bridgehead atoms. The van der Waals surface area contributed by atoms with E-state index in [2.05, 4.69) is 17.2 Å². The molecule has 5 heteroatoms. The number of aromatic nitrogens is 1. The average Bonchev–Trinajstić information content (AvgIpc) is 2.41. The molecule has 0 amide bonds. The molecular formula is C13H22N2O3. The van der Waals surface area contributed by atoms with Gasteiger partial charge in [0, 0.05) is 31.6 Å². The summed E-state index contributed by atoms with van der Waals surface area (Å²) in [4.78, 5) is 4.10. The molecule has 5 nitrogen and oxygen atoms in total. The third-order valence-corrected chi connectivity index (χ3v) is 2.34. The standard InChI is InChI=1S/C13H22N2O3/c1-3-14-10-12-11-15-5-4-13(12)18-9-8-17-7-6-16-2/h4-5,11,14H,3,6-10H2,1-2H3. The molecule has 0 atom stereocenters. The second kappa shape index (κ2) is 9.82. The van der Waals surface area contributed by atoms with Crippen LogP contribution in [0, 0.1) is 0 Å². The Kier molecular flexibility index (Phi) is 8.12. The summed E-state index contributed by atoms with van der Waals surface area (Å²) in [6, 6.07) is 1.88. The van der Waals surface area contributed by atoms with Crippen molar-refractivity contribution in [2.24, 2.45) is 0 Å². The lowest BCUT2D eigenvalue weighted by Gasteiger charge is -2.11. The van der Waals surface area contributed by atoms with Crippen molar-refractivity contribution in [3.63, 3.8) is 0 Å². The number of nitrogens with one attached hydrogen (secondary N) is 1. The Morgan fingerprint density at radius 1 is 1.22 bits per heavy atom. The van der Waals surface area contributed by atoms with Crippen molar-refractivity contribution in [1.82, 2.24) is 10.3 Å². The van der Waals surface area contributed by atoms with Gasteiger partial charge in [-0.3, -0.25) is 4.98 Å². The van der Waals surface area contributed by atoms with E-state index in [9.17, 15) is 0 Å². The van der Waals surface area contributed by atoms with Crippen molar-refractivity contribution in [1.29, 1.82) is 0 Å². The summed E-state index contributed by atoms with van der Waals surface area (Å²) in [6.45, 7) is 6.07. The number of hydrogen-bond acceptors (Lipinski definition) is 5. The van der Waals surface area contributed by atoms with Crippen LogP contribution < -0.4 is 10.1 Å². The van der Waals surface area contributed by atoms with Gasteiger partial charge in [0.15, 0.2) is 0 Å². The van der Waals surface area contributed by atoms with E-state index in [1.807, 2.05) is 12.3 Å². The molecule has 1 heterocycles. The van der Waals surface area contributed by atoms with Crippen LogP contribution in [-0.2, 0) is 16.0 Å². The number of methoxy groups -OCH3 is 1. The zero-order valence-corrected chi connectivity index (χ0v) is 11.1. The van der Waals surface area contributed by atoms with E-state index >= 15 is 0 Å². The molecule has 0 radical (unpaired) electrons. The van der Waals surface area contributed by atoms with Gasteiger partial charge in [-0.05, 0) is 12.6 Å². The zero-order valence-electron chi connectivity index (χ0n) is 11.1. The van der Waals surface area contributed by atoms with Crippen LogP contribution in [-0.4, -0.2) is 45.1 Å². The SMILES string of the molecule is CCNCc1cnccc1OCCOCCOC. The quantitative estimate of drug-likeness (QED) is 0.637. The molecule has 0 spiro atoms. The molecule has 0 saturated carbocycles. The lowest BCUT2D eigenvalue weighted by Crippen LogP contribution is -2.14. The van der Waals surface area contributed by atoms with Gasteiger partial charge in [0.1, 0.15) is 12.4 Å². The Bertz CT molecular complexity index is 321. The van der Waals surface area contributed by atoms with Crippen molar-refractivity contribution in [3.8, 4) is 5.75 Å². The number of pyridine rings is 1. The third-order valence-electron chi connectivity index (χ3n) is 2.34. The molecule has 1 aromatic rings. The lowest BCUT2D eigenvalue weighted by molar-refractivity contribution is 0.0542. The van der Waals surface area contributed by atoms with Crippen LogP contribution in [0.25, 0.3) is 0 Å². The molecule has 18 heavy (non-hydrogen) atoms. The van der Waals surface area contributed by atoms with Gasteiger partial charge in [-0.1, -0.05) is 6.92 Å². The summed E-state index contributed by atoms with van der Waals surface area (Å²) < 4.78 is 15.9. The zero-order chi connectivity index (χ0) is 13.1. The van der Waals surface area contributed by atoms with E-state index in [4.69, 9.17) is 14.2 Å². The smallest absolute Gasteiger partial charge is 0.126 e. The van der Waals surface area contributed by atoms with Crippen molar-refractivity contribution in [2.45, 2.75) is 13.5 Å². The molecule has 1 rings (SSSR count). The minimum atomic E-state index is 0.535. The normalized spacial score (nSPS) is 10.6. The first-order chi connectivity index (χ1) is 8.88. The van der Waals surface area contributed by atoms with Crippen LogP contribution in [0.5, 0.6) is 5.75 Å². The van der Waals surface area contributed by atoms with Crippen LogP contribution in [0.15, 0.2) is 18.5 Å². The van der Waals surface area contributed by atoms with E-state index in [0.29, 0.717) is 26.4 Å². The molecule has 0 fully saturated rings. The molecule has 0 aromatic carbocycles. The topological polar surface area (TPSA) is 52.6 Å². The van der Waals surface area contributed by atoms with E-state index in [1.54, 1.807) is 13.3 Å². The highest BCUT2D eigenvalue weighted by molar-refractivity contribution is 5.29. The summed E-state index contributed by atoms with van der Waals surface area (Å²) in [6.07, 6.45) is 3.56. The number of nitrogens with zero attached hydrogens (tertiary/aromatic N) is 1. The van der Waals surface area contributed by atoms with E-state index in [0.717, 1.165) is 24.4 Å². The third kappa shape index (κ3) is 5.95. The Labute approximate surface area is 108 Å². The van der Waals surface area contributed by atoms with Crippen molar-refractivity contribution in [3.05, 3.63) is 24.0 Å². The lowest BCUT2D eigenvalue weighted by atomic mass is 10.2. The minimum absolute atomic E-state index is 0.535. The predicted molar refractivity (Wildman–Crippen MR) is 69.8 cm³/mol. The average molecular weight is 254 g/mol. The maximum atomic E-state index is 5.67. The first-order valence-electron chi connectivity index (χ1n) is 6.21.